The van der Waals surface area contributed by atoms with Gasteiger partial charge in [0.2, 0.25) is 41.4 Å². The van der Waals surface area contributed by atoms with Crippen LogP contribution in [0.25, 0.3) is 0 Å². The Bertz CT molecular complexity index is 1560. The number of nitrogens with two attached hydrogens (primary N) is 2. The number of primary amides is 1. The Morgan fingerprint density at radius 1 is 0.623 bits per heavy atom. The van der Waals surface area contributed by atoms with Gasteiger partial charge in [-0.3, -0.25) is 33.6 Å². The highest BCUT2D eigenvalue weighted by molar-refractivity contribution is 5.96. The number of phenolic OH excluding ortho intramolecular Hbond substituents is 1. The lowest BCUT2D eigenvalue weighted by Crippen LogP contribution is -2.59. The van der Waals surface area contributed by atoms with Crippen molar-refractivity contribution in [3.63, 3.8) is 0 Å². The van der Waals surface area contributed by atoms with Gasteiger partial charge in [-0.1, -0.05) is 83.0 Å². The molecule has 0 bridgehead atoms. The Morgan fingerprint density at radius 2 is 1.17 bits per heavy atom. The van der Waals surface area contributed by atoms with Gasteiger partial charge in [0.05, 0.1) is 19.1 Å². The number of carbonyl (C=O) groups excluding carboxylic acids is 7. The monoisotopic (exact) mass is 738 g/mol. The molecule has 53 heavy (non-hydrogen) atoms. The van der Waals surface area contributed by atoms with Crippen molar-refractivity contribution in [1.82, 2.24) is 31.9 Å². The van der Waals surface area contributed by atoms with E-state index < -0.39 is 84.6 Å². The number of benzene rings is 2. The van der Waals surface area contributed by atoms with Gasteiger partial charge in [0.15, 0.2) is 0 Å². The van der Waals surface area contributed by atoms with E-state index >= 15 is 0 Å². The second kappa shape index (κ2) is 21.8. The van der Waals surface area contributed by atoms with Crippen LogP contribution in [-0.4, -0.2) is 89.8 Å². The van der Waals surface area contributed by atoms with E-state index in [1.54, 1.807) is 56.3 Å². The zero-order valence-corrected chi connectivity index (χ0v) is 30.9. The van der Waals surface area contributed by atoms with E-state index in [-0.39, 0.29) is 30.4 Å². The molecule has 2 aromatic rings. The van der Waals surface area contributed by atoms with Crippen molar-refractivity contribution < 1.29 is 38.7 Å². The predicted octanol–water partition coefficient (Wildman–Crippen LogP) is -0.726. The average Bonchev–Trinajstić information content (AvgIpc) is 3.14. The molecular weight excluding hydrogens is 684 g/mol. The minimum absolute atomic E-state index is 0.0633. The van der Waals surface area contributed by atoms with Crippen LogP contribution in [0.4, 0.5) is 0 Å². The van der Waals surface area contributed by atoms with Crippen molar-refractivity contribution in [2.24, 2.45) is 23.3 Å². The SMILES string of the molecule is CCC(C)C(NC(=O)CNC(=O)C(Cc1ccccc1)NC(=O)[C@@H](C)NC(=O)C(N)Cc1ccc(O)cc1)C(=O)NC(C(=O)NCC(N)=O)C(C)CC. The van der Waals surface area contributed by atoms with E-state index in [1.165, 1.54) is 19.1 Å². The number of rotatable bonds is 21. The maximum Gasteiger partial charge on any atom is 0.243 e. The van der Waals surface area contributed by atoms with Gasteiger partial charge >= 0.3 is 0 Å². The summed E-state index contributed by atoms with van der Waals surface area (Å²) in [4.78, 5) is 89.9. The summed E-state index contributed by atoms with van der Waals surface area (Å²) >= 11 is 0. The Kier molecular flexibility index (Phi) is 17.9. The molecule has 7 amide bonds. The van der Waals surface area contributed by atoms with Crippen LogP contribution in [0.1, 0.15) is 58.6 Å². The molecule has 0 saturated carbocycles. The Balaban J connectivity index is 2.09. The molecule has 2 aromatic carbocycles. The van der Waals surface area contributed by atoms with Crippen LogP contribution in [0.15, 0.2) is 54.6 Å². The molecule has 7 atom stereocenters. The number of hydrogen-bond donors (Lipinski definition) is 9. The van der Waals surface area contributed by atoms with Crippen LogP contribution in [0.5, 0.6) is 5.75 Å². The van der Waals surface area contributed by atoms with Crippen LogP contribution in [0.3, 0.4) is 0 Å². The third-order valence-corrected chi connectivity index (χ3v) is 8.86. The molecule has 16 heteroatoms. The van der Waals surface area contributed by atoms with Gasteiger partial charge in [-0.15, -0.1) is 0 Å². The summed E-state index contributed by atoms with van der Waals surface area (Å²) in [6.45, 7) is 7.68. The quantitative estimate of drug-likeness (QED) is 0.0781. The smallest absolute Gasteiger partial charge is 0.243 e. The molecule has 0 radical (unpaired) electrons. The minimum Gasteiger partial charge on any atom is -0.508 e. The van der Waals surface area contributed by atoms with Crippen molar-refractivity contribution in [3.8, 4) is 5.75 Å². The fraction of sp³-hybridized carbons (Fsp3) is 0.486. The number of nitrogens with one attached hydrogen (secondary N) is 6. The van der Waals surface area contributed by atoms with Gasteiger partial charge in [-0.25, -0.2) is 0 Å². The molecule has 16 nitrogen and oxygen atoms in total. The molecule has 0 aliphatic rings. The van der Waals surface area contributed by atoms with Gasteiger partial charge in [-0.2, -0.15) is 0 Å². The van der Waals surface area contributed by atoms with Crippen molar-refractivity contribution in [2.75, 3.05) is 13.1 Å². The highest BCUT2D eigenvalue weighted by atomic mass is 16.3. The molecule has 0 aromatic heterocycles. The van der Waals surface area contributed by atoms with Crippen molar-refractivity contribution >= 4 is 41.4 Å². The molecule has 6 unspecified atom stereocenters. The first-order chi connectivity index (χ1) is 25.1. The van der Waals surface area contributed by atoms with E-state index in [9.17, 15) is 38.7 Å². The van der Waals surface area contributed by atoms with Crippen LogP contribution in [0, 0.1) is 11.8 Å². The van der Waals surface area contributed by atoms with E-state index in [1.807, 2.05) is 13.8 Å². The topological polar surface area (TPSA) is 264 Å². The van der Waals surface area contributed by atoms with Gasteiger partial charge in [0.25, 0.3) is 0 Å². The third kappa shape index (κ3) is 14.9. The minimum atomic E-state index is -1.15. The summed E-state index contributed by atoms with van der Waals surface area (Å²) in [6.07, 6.45) is 1.25. The average molecular weight is 739 g/mol. The first-order valence-corrected chi connectivity index (χ1v) is 17.7. The lowest BCUT2D eigenvalue weighted by molar-refractivity contribution is -0.135. The fourth-order valence-electron chi connectivity index (χ4n) is 5.17. The molecule has 290 valence electrons. The van der Waals surface area contributed by atoms with E-state index in [4.69, 9.17) is 11.5 Å². The molecular formula is C37H54N8O8. The summed E-state index contributed by atoms with van der Waals surface area (Å²) in [7, 11) is 0. The normalized spacial score (nSPS) is 14.8. The summed E-state index contributed by atoms with van der Waals surface area (Å²) < 4.78 is 0. The van der Waals surface area contributed by atoms with Crippen LogP contribution < -0.4 is 43.4 Å². The van der Waals surface area contributed by atoms with Crippen molar-refractivity contribution in [1.29, 1.82) is 0 Å². The largest absolute Gasteiger partial charge is 0.508 e. The number of carbonyl (C=O) groups is 7. The molecule has 0 saturated heterocycles. The predicted molar refractivity (Wildman–Crippen MR) is 197 cm³/mol. The van der Waals surface area contributed by atoms with Crippen LogP contribution in [0.2, 0.25) is 0 Å². The highest BCUT2D eigenvalue weighted by Gasteiger charge is 2.33. The van der Waals surface area contributed by atoms with E-state index in [2.05, 4.69) is 31.9 Å². The molecule has 2 rings (SSSR count). The fourth-order valence-corrected chi connectivity index (χ4v) is 5.17. The third-order valence-electron chi connectivity index (χ3n) is 8.86. The van der Waals surface area contributed by atoms with E-state index in [0.717, 1.165) is 0 Å². The van der Waals surface area contributed by atoms with E-state index in [0.29, 0.717) is 24.0 Å². The van der Waals surface area contributed by atoms with Gasteiger partial charge < -0.3 is 48.5 Å². The van der Waals surface area contributed by atoms with Gasteiger partial charge in [-0.05, 0) is 48.4 Å². The van der Waals surface area contributed by atoms with Gasteiger partial charge in [0, 0.05) is 6.42 Å². The Labute approximate surface area is 310 Å². The number of hydrogen-bond acceptors (Lipinski definition) is 9. The number of amides is 7. The number of phenols is 1. The second-order valence-corrected chi connectivity index (χ2v) is 13.2. The van der Waals surface area contributed by atoms with Crippen LogP contribution >= 0.6 is 0 Å². The molecule has 0 spiro atoms. The molecule has 0 aliphatic heterocycles. The Hall–Kier alpha value is -5.51. The van der Waals surface area contributed by atoms with Crippen molar-refractivity contribution in [3.05, 3.63) is 65.7 Å². The first kappa shape index (κ1) is 43.7. The second-order valence-electron chi connectivity index (χ2n) is 13.2. The van der Waals surface area contributed by atoms with Crippen molar-refractivity contribution in [2.45, 2.75) is 90.5 Å². The zero-order valence-electron chi connectivity index (χ0n) is 30.9. The lowest BCUT2D eigenvalue weighted by atomic mass is 9.95. The molecule has 0 heterocycles. The van der Waals surface area contributed by atoms with Gasteiger partial charge in [0.1, 0.15) is 29.9 Å². The molecule has 0 fully saturated rings. The summed E-state index contributed by atoms with van der Waals surface area (Å²) in [5.41, 5.74) is 12.6. The Morgan fingerprint density at radius 3 is 1.74 bits per heavy atom. The maximum absolute atomic E-state index is 13.4. The standard InChI is InChI=1S/C37H54N8O8/c1-6-21(3)31(36(52)40-19-29(39)47)45-37(53)32(22(4)7-2)44-30(48)20-41-35(51)28(18-24-11-9-8-10-12-24)43-33(49)23(5)42-34(50)27(38)17-25-13-15-26(46)16-14-25/h8-16,21-23,27-28,31-32,46H,6-7,17-20,38H2,1-5H3,(H2,39,47)(H,40,52)(H,41,51)(H,42,50)(H,43,49)(H,44,48)(H,45,53)/t21?,22?,23-,27?,28?,31?,32?/m1/s1. The van der Waals surface area contributed by atoms with Crippen LogP contribution in [-0.2, 0) is 46.4 Å². The summed E-state index contributed by atoms with van der Waals surface area (Å²) in [5.74, 6) is -5.19. The zero-order chi connectivity index (χ0) is 39.7. The summed E-state index contributed by atoms with van der Waals surface area (Å²) in [6, 6.07) is 9.80. The lowest BCUT2D eigenvalue weighted by Gasteiger charge is -2.29. The maximum atomic E-state index is 13.4. The molecule has 11 N–H and O–H groups in total. The highest BCUT2D eigenvalue weighted by Crippen LogP contribution is 2.13. The summed E-state index contributed by atoms with van der Waals surface area (Å²) in [5, 5.41) is 24.9. The number of aromatic hydroxyl groups is 1. The molecule has 0 aliphatic carbocycles. The first-order valence-electron chi connectivity index (χ1n) is 17.7.